The molecule has 4 aliphatic rings. The van der Waals surface area contributed by atoms with Crippen molar-refractivity contribution in [1.29, 1.82) is 0 Å². The molecule has 176 valence electrons. The largest absolute Gasteiger partial charge is 0.496 e. The van der Waals surface area contributed by atoms with Crippen molar-refractivity contribution in [3.05, 3.63) is 42.2 Å². The Hall–Kier alpha value is -2.24. The predicted octanol–water partition coefficient (Wildman–Crippen LogP) is 0.842. The first-order valence-electron chi connectivity index (χ1n) is 11.3. The summed E-state index contributed by atoms with van der Waals surface area (Å²) < 4.78 is 17.3. The number of rotatable bonds is 5. The summed E-state index contributed by atoms with van der Waals surface area (Å²) >= 11 is 0. The van der Waals surface area contributed by atoms with Crippen molar-refractivity contribution in [2.24, 2.45) is 0 Å². The Labute approximate surface area is 194 Å². The molecule has 0 amide bonds. The van der Waals surface area contributed by atoms with Gasteiger partial charge in [-0.25, -0.2) is 14.9 Å². The lowest BCUT2D eigenvalue weighted by atomic mass is 9.80. The van der Waals surface area contributed by atoms with Crippen molar-refractivity contribution in [1.82, 2.24) is 14.9 Å². The highest BCUT2D eigenvalue weighted by Gasteiger charge is 2.55. The quantitative estimate of drug-likeness (QED) is 0.503. The van der Waals surface area contributed by atoms with Crippen molar-refractivity contribution in [2.45, 2.75) is 63.3 Å². The molecular weight excluding hydrogens is 423 g/mol. The molecule has 10 heteroatoms. The van der Waals surface area contributed by atoms with Gasteiger partial charge in [0, 0.05) is 54.7 Å². The monoisotopic (exact) mass is 454 g/mol. The van der Waals surface area contributed by atoms with Gasteiger partial charge in [-0.1, -0.05) is 6.07 Å². The zero-order chi connectivity index (χ0) is 23.6. The van der Waals surface area contributed by atoms with Crippen LogP contribution in [0.3, 0.4) is 0 Å². The first-order chi connectivity index (χ1) is 15.5. The lowest BCUT2D eigenvalue weighted by Gasteiger charge is -2.60. The van der Waals surface area contributed by atoms with Crippen molar-refractivity contribution >= 4 is 18.4 Å². The third kappa shape index (κ3) is 3.70. The Morgan fingerprint density at radius 2 is 1.67 bits per heavy atom. The average Bonchev–Trinajstić information content (AvgIpc) is 3.00. The predicted molar refractivity (Wildman–Crippen MR) is 123 cm³/mol. The van der Waals surface area contributed by atoms with Crippen LogP contribution >= 0.6 is 0 Å². The zero-order valence-corrected chi connectivity index (χ0v) is 19.7. The molecule has 4 aliphatic heterocycles. The summed E-state index contributed by atoms with van der Waals surface area (Å²) in [5.41, 5.74) is 0.428. The Kier molecular flexibility index (Phi) is 5.22. The van der Waals surface area contributed by atoms with E-state index in [9.17, 15) is 10.2 Å². The maximum Gasteiger partial charge on any atom is 0.496 e. The van der Waals surface area contributed by atoms with Gasteiger partial charge in [-0.15, -0.1) is 0 Å². The minimum atomic E-state index is -2.08. The summed E-state index contributed by atoms with van der Waals surface area (Å²) in [6.45, 7) is 9.45. The number of hydrogen-bond acceptors (Lipinski definition) is 9. The maximum absolute atomic E-state index is 10.9. The van der Waals surface area contributed by atoms with Crippen LogP contribution in [-0.2, 0) is 15.2 Å². The van der Waals surface area contributed by atoms with Crippen LogP contribution in [0, 0.1) is 0 Å². The average molecular weight is 454 g/mol. The van der Waals surface area contributed by atoms with Gasteiger partial charge < -0.3 is 29.2 Å². The molecule has 4 saturated heterocycles. The molecule has 6 heterocycles. The molecule has 2 N–H and O–H groups in total. The number of aromatic nitrogens is 2. The lowest BCUT2D eigenvalue weighted by Crippen LogP contribution is -2.74. The van der Waals surface area contributed by atoms with Crippen molar-refractivity contribution in [3.8, 4) is 5.88 Å². The van der Waals surface area contributed by atoms with Crippen molar-refractivity contribution in [3.63, 3.8) is 0 Å². The Balaban J connectivity index is 1.26. The van der Waals surface area contributed by atoms with Gasteiger partial charge in [0.1, 0.15) is 5.82 Å². The molecule has 4 fully saturated rings. The summed E-state index contributed by atoms with van der Waals surface area (Å²) in [4.78, 5) is 12.7. The molecule has 9 nitrogen and oxygen atoms in total. The summed E-state index contributed by atoms with van der Waals surface area (Å²) in [6, 6.07) is 7.25. The van der Waals surface area contributed by atoms with Crippen LogP contribution in [0.1, 0.15) is 39.7 Å². The first-order valence-corrected chi connectivity index (χ1v) is 11.3. The van der Waals surface area contributed by atoms with Crippen molar-refractivity contribution < 1.29 is 24.3 Å². The van der Waals surface area contributed by atoms with Crippen LogP contribution in [0.15, 0.2) is 36.7 Å². The second-order valence-electron chi connectivity index (χ2n) is 10.1. The Morgan fingerprint density at radius 1 is 1.00 bits per heavy atom. The SMILES string of the molecule is COc1ccc(C(O)(O)N2C3CC2CN(c2ccc(B4OC(C)(C)C(C)(C)O4)cn2)C3)cn1. The summed E-state index contributed by atoms with van der Waals surface area (Å²) in [5, 5.41) is 21.8. The smallest absolute Gasteiger partial charge is 0.481 e. The number of piperazine rings is 1. The van der Waals surface area contributed by atoms with E-state index in [0.717, 1.165) is 17.7 Å². The van der Waals surface area contributed by atoms with Crippen LogP contribution in [0.25, 0.3) is 0 Å². The number of anilines is 1. The van der Waals surface area contributed by atoms with Gasteiger partial charge in [-0.05, 0) is 46.2 Å². The lowest BCUT2D eigenvalue weighted by molar-refractivity contribution is -0.328. The molecule has 6 rings (SSSR count). The van der Waals surface area contributed by atoms with Gasteiger partial charge in [-0.3, -0.25) is 0 Å². The van der Waals surface area contributed by atoms with E-state index in [4.69, 9.17) is 14.0 Å². The number of hydrogen-bond donors (Lipinski definition) is 2. The summed E-state index contributed by atoms with van der Waals surface area (Å²) in [5.74, 6) is -0.788. The summed E-state index contributed by atoms with van der Waals surface area (Å²) in [7, 11) is 1.08. The van der Waals surface area contributed by atoms with E-state index in [0.29, 0.717) is 24.5 Å². The third-order valence-corrected chi connectivity index (χ3v) is 7.51. The standard InChI is InChI=1S/C23H31BN4O5/c1-21(2)22(3,4)33-24(32-21)16-7-8-19(25-12-16)27-13-17-10-18(14-27)28(17)23(29,30)15-6-9-20(31-5)26-11-15/h6-9,11-12,17-18,29-30H,10,13-14H2,1-5H3. The third-order valence-electron chi connectivity index (χ3n) is 7.51. The van der Waals surface area contributed by atoms with Gasteiger partial charge >= 0.3 is 7.12 Å². The first kappa shape index (κ1) is 22.6. The Bertz CT molecular complexity index is 987. The minimum Gasteiger partial charge on any atom is -0.481 e. The molecule has 0 spiro atoms. The van der Waals surface area contributed by atoms with Crippen LogP contribution in [0.2, 0.25) is 0 Å². The Morgan fingerprint density at radius 3 is 2.18 bits per heavy atom. The highest BCUT2D eigenvalue weighted by atomic mass is 16.7. The van der Waals surface area contributed by atoms with E-state index in [-0.39, 0.29) is 12.1 Å². The van der Waals surface area contributed by atoms with Gasteiger partial charge in [0.05, 0.1) is 18.3 Å². The van der Waals surface area contributed by atoms with E-state index in [1.54, 1.807) is 23.2 Å². The van der Waals surface area contributed by atoms with E-state index in [1.807, 2.05) is 39.8 Å². The molecule has 2 aromatic heterocycles. The molecule has 2 aromatic rings. The molecule has 2 unspecified atom stereocenters. The van der Waals surface area contributed by atoms with Gasteiger partial charge in [0.15, 0.2) is 0 Å². The molecule has 2 atom stereocenters. The minimum absolute atomic E-state index is 0.00502. The normalized spacial score (nSPS) is 26.3. The molecule has 2 bridgehead atoms. The highest BCUT2D eigenvalue weighted by Crippen LogP contribution is 2.42. The molecular formula is C23H31BN4O5. The topological polar surface area (TPSA) is 100 Å². The fraction of sp³-hybridized carbons (Fsp3) is 0.565. The van der Waals surface area contributed by atoms with Crippen LogP contribution in [-0.4, -0.2) is 75.7 Å². The number of methoxy groups -OCH3 is 1. The van der Waals surface area contributed by atoms with Crippen LogP contribution < -0.4 is 15.1 Å². The van der Waals surface area contributed by atoms with Crippen molar-refractivity contribution in [2.75, 3.05) is 25.1 Å². The molecule has 0 radical (unpaired) electrons. The highest BCUT2D eigenvalue weighted by molar-refractivity contribution is 6.62. The van der Waals surface area contributed by atoms with Crippen LogP contribution in [0.4, 0.5) is 5.82 Å². The van der Waals surface area contributed by atoms with E-state index >= 15 is 0 Å². The number of nitrogens with zero attached hydrogens (tertiary/aromatic N) is 4. The van der Waals surface area contributed by atoms with E-state index < -0.39 is 24.2 Å². The van der Waals surface area contributed by atoms with E-state index in [2.05, 4.69) is 14.9 Å². The van der Waals surface area contributed by atoms with Gasteiger partial charge in [0.2, 0.25) is 5.88 Å². The molecule has 0 aliphatic carbocycles. The molecule has 0 aromatic carbocycles. The zero-order valence-electron chi connectivity index (χ0n) is 19.7. The molecule has 0 saturated carbocycles. The van der Waals surface area contributed by atoms with Gasteiger partial charge in [-0.2, -0.15) is 0 Å². The second-order valence-corrected chi connectivity index (χ2v) is 10.1. The fourth-order valence-electron chi connectivity index (χ4n) is 4.86. The number of piperidine rings is 1. The maximum atomic E-state index is 10.9. The van der Waals surface area contributed by atoms with Crippen LogP contribution in [0.5, 0.6) is 5.88 Å². The van der Waals surface area contributed by atoms with Gasteiger partial charge in [0.25, 0.3) is 5.91 Å². The number of ether oxygens (including phenoxy) is 1. The fourth-order valence-corrected chi connectivity index (χ4v) is 4.86. The molecule has 33 heavy (non-hydrogen) atoms. The number of aliphatic hydroxyl groups is 2. The summed E-state index contributed by atoms with van der Waals surface area (Å²) in [6.07, 6.45) is 4.16. The number of fused-ring (bicyclic) bond motifs is 2. The second kappa shape index (κ2) is 7.64. The number of pyridine rings is 2. The van der Waals surface area contributed by atoms with E-state index in [1.165, 1.54) is 13.3 Å².